The van der Waals surface area contributed by atoms with Crippen LogP contribution in [0.5, 0.6) is 5.75 Å². The Morgan fingerprint density at radius 2 is 2.03 bits per heavy atom. The highest BCUT2D eigenvalue weighted by Crippen LogP contribution is 2.24. The molecule has 0 aliphatic carbocycles. The van der Waals surface area contributed by atoms with Crippen LogP contribution in [0.25, 0.3) is 0 Å². The van der Waals surface area contributed by atoms with Crippen LogP contribution in [0.4, 0.5) is 10.8 Å². The number of carboxylic acid groups (broad SMARTS) is 1. The maximum Gasteiger partial charge on any atom is 0.407 e. The van der Waals surface area contributed by atoms with E-state index in [0.29, 0.717) is 24.5 Å². The Labute approximate surface area is 190 Å². The topological polar surface area (TPSA) is 121 Å². The first-order valence-corrected chi connectivity index (χ1v) is 10.6. The van der Waals surface area contributed by atoms with Crippen LogP contribution < -0.4 is 15.0 Å². The first-order chi connectivity index (χ1) is 16.0. The number of nitrogens with one attached hydrogen (secondary N) is 1. The third-order valence-electron chi connectivity index (χ3n) is 5.36. The zero-order valence-electron chi connectivity index (χ0n) is 18.2. The average molecular weight is 451 g/mol. The van der Waals surface area contributed by atoms with Gasteiger partial charge >= 0.3 is 6.09 Å². The summed E-state index contributed by atoms with van der Waals surface area (Å²) < 4.78 is 11.7. The van der Waals surface area contributed by atoms with E-state index in [1.54, 1.807) is 31.5 Å². The number of aromatic nitrogens is 2. The zero-order chi connectivity index (χ0) is 23.2. The third kappa shape index (κ3) is 5.40. The van der Waals surface area contributed by atoms with Gasteiger partial charge < -0.3 is 29.4 Å². The highest BCUT2D eigenvalue weighted by atomic mass is 16.5. The van der Waals surface area contributed by atoms with E-state index < -0.39 is 6.09 Å². The van der Waals surface area contributed by atoms with Crippen molar-refractivity contribution in [1.82, 2.24) is 20.2 Å². The summed E-state index contributed by atoms with van der Waals surface area (Å²) in [6.07, 6.45) is 2.24. The molecule has 3 heterocycles. The molecule has 1 aliphatic heterocycles. The monoisotopic (exact) mass is 451 g/mol. The summed E-state index contributed by atoms with van der Waals surface area (Å²) in [6.45, 7) is 3.14. The lowest BCUT2D eigenvalue weighted by molar-refractivity contribution is 0.0922. The smallest absolute Gasteiger partial charge is 0.407 e. The zero-order valence-corrected chi connectivity index (χ0v) is 18.2. The van der Waals surface area contributed by atoms with Gasteiger partial charge in [0.1, 0.15) is 12.4 Å². The van der Waals surface area contributed by atoms with Gasteiger partial charge in [0.2, 0.25) is 5.76 Å². The lowest BCUT2D eigenvalue weighted by Crippen LogP contribution is -2.57. The van der Waals surface area contributed by atoms with Crippen molar-refractivity contribution in [2.24, 2.45) is 0 Å². The van der Waals surface area contributed by atoms with Gasteiger partial charge in [-0.05, 0) is 24.6 Å². The number of amides is 2. The van der Waals surface area contributed by atoms with Crippen LogP contribution in [0.1, 0.15) is 21.8 Å². The van der Waals surface area contributed by atoms with E-state index in [-0.39, 0.29) is 43.4 Å². The number of benzene rings is 1. The standard InChI is InChI=1S/C23H25N5O5/c1-16-20(21(29)25-12-17-6-3-2-4-7-17)33-22(26-16)28-11-10-27(23(30)31)14-18(28)15-32-19-8-5-9-24-13-19/h2-9,13,18H,10-12,14-15H2,1H3,(H,25,29)(H,30,31). The van der Waals surface area contributed by atoms with E-state index in [0.717, 1.165) is 5.56 Å². The Kier molecular flexibility index (Phi) is 6.72. The number of piperazine rings is 1. The fourth-order valence-corrected chi connectivity index (χ4v) is 3.62. The molecule has 3 aromatic rings. The van der Waals surface area contributed by atoms with E-state index in [4.69, 9.17) is 9.15 Å². The van der Waals surface area contributed by atoms with Gasteiger partial charge in [-0.15, -0.1) is 0 Å². The minimum Gasteiger partial charge on any atom is -0.490 e. The van der Waals surface area contributed by atoms with Gasteiger partial charge in [0.25, 0.3) is 11.9 Å². The molecule has 0 saturated carbocycles. The number of rotatable bonds is 7. The molecule has 1 atom stereocenters. The van der Waals surface area contributed by atoms with Gasteiger partial charge in [-0.1, -0.05) is 30.3 Å². The van der Waals surface area contributed by atoms with E-state index in [2.05, 4.69) is 15.3 Å². The fourth-order valence-electron chi connectivity index (χ4n) is 3.62. The summed E-state index contributed by atoms with van der Waals surface area (Å²) in [6, 6.07) is 13.0. The number of ether oxygens (including phenoxy) is 1. The Hall–Kier alpha value is -4.08. The molecule has 4 rings (SSSR count). The number of nitrogens with zero attached hydrogens (tertiary/aromatic N) is 4. The molecule has 1 unspecified atom stereocenters. The normalized spacial score (nSPS) is 15.8. The van der Waals surface area contributed by atoms with Crippen molar-refractivity contribution >= 4 is 18.0 Å². The first kappa shape index (κ1) is 22.1. The van der Waals surface area contributed by atoms with Gasteiger partial charge in [0.15, 0.2) is 0 Å². The molecule has 0 radical (unpaired) electrons. The highest BCUT2D eigenvalue weighted by Gasteiger charge is 2.33. The molecule has 172 valence electrons. The molecule has 2 amide bonds. The number of hydrogen-bond donors (Lipinski definition) is 2. The number of carbonyl (C=O) groups is 2. The second kappa shape index (κ2) is 10.0. The minimum absolute atomic E-state index is 0.133. The Morgan fingerprint density at radius 1 is 1.21 bits per heavy atom. The largest absolute Gasteiger partial charge is 0.490 e. The maximum absolute atomic E-state index is 12.7. The molecule has 0 bridgehead atoms. The number of aryl methyl sites for hydroxylation is 1. The quantitative estimate of drug-likeness (QED) is 0.562. The summed E-state index contributed by atoms with van der Waals surface area (Å²) in [4.78, 5) is 35.9. The molecule has 0 spiro atoms. The van der Waals surface area contributed by atoms with Crippen molar-refractivity contribution in [3.63, 3.8) is 0 Å². The van der Waals surface area contributed by atoms with Crippen LogP contribution in [-0.4, -0.2) is 64.3 Å². The molecule has 2 N–H and O–H groups in total. The van der Waals surface area contributed by atoms with Crippen LogP contribution in [0.3, 0.4) is 0 Å². The van der Waals surface area contributed by atoms with Crippen molar-refractivity contribution in [2.75, 3.05) is 31.1 Å². The van der Waals surface area contributed by atoms with Gasteiger partial charge in [-0.25, -0.2) is 4.79 Å². The van der Waals surface area contributed by atoms with Crippen molar-refractivity contribution in [3.8, 4) is 5.75 Å². The van der Waals surface area contributed by atoms with Crippen LogP contribution in [0.15, 0.2) is 59.3 Å². The van der Waals surface area contributed by atoms with Gasteiger partial charge in [-0.2, -0.15) is 4.98 Å². The van der Waals surface area contributed by atoms with E-state index >= 15 is 0 Å². The number of oxazole rings is 1. The molecule has 10 nitrogen and oxygen atoms in total. The van der Waals surface area contributed by atoms with Crippen molar-refractivity contribution in [3.05, 3.63) is 71.9 Å². The van der Waals surface area contributed by atoms with Crippen molar-refractivity contribution in [2.45, 2.75) is 19.5 Å². The Morgan fingerprint density at radius 3 is 2.76 bits per heavy atom. The molecular weight excluding hydrogens is 426 g/mol. The molecule has 1 aromatic carbocycles. The van der Waals surface area contributed by atoms with E-state index in [9.17, 15) is 14.7 Å². The van der Waals surface area contributed by atoms with Crippen LogP contribution in [0, 0.1) is 6.92 Å². The average Bonchev–Trinajstić information content (AvgIpc) is 3.23. The SMILES string of the molecule is Cc1nc(N2CCN(C(=O)O)CC2COc2cccnc2)oc1C(=O)NCc1ccccc1. The van der Waals surface area contributed by atoms with Gasteiger partial charge in [-0.3, -0.25) is 9.78 Å². The fraction of sp³-hybridized carbons (Fsp3) is 0.304. The number of anilines is 1. The lowest BCUT2D eigenvalue weighted by Gasteiger charge is -2.39. The van der Waals surface area contributed by atoms with Gasteiger partial charge in [0, 0.05) is 32.4 Å². The van der Waals surface area contributed by atoms with Crippen LogP contribution in [-0.2, 0) is 6.54 Å². The van der Waals surface area contributed by atoms with Gasteiger partial charge in [0.05, 0.1) is 17.9 Å². The number of carbonyl (C=O) groups excluding carboxylic acids is 1. The number of pyridine rings is 1. The molecule has 1 saturated heterocycles. The van der Waals surface area contributed by atoms with Crippen molar-refractivity contribution < 1.29 is 23.8 Å². The summed E-state index contributed by atoms with van der Waals surface area (Å²) in [5.74, 6) is 0.352. The molecule has 1 aliphatic rings. The van der Waals surface area contributed by atoms with Crippen molar-refractivity contribution in [1.29, 1.82) is 0 Å². The molecule has 2 aromatic heterocycles. The Balaban J connectivity index is 1.48. The second-order valence-electron chi connectivity index (χ2n) is 7.65. The summed E-state index contributed by atoms with van der Waals surface area (Å²) in [7, 11) is 0. The third-order valence-corrected chi connectivity index (χ3v) is 5.36. The summed E-state index contributed by atoms with van der Waals surface area (Å²) in [5.41, 5.74) is 1.43. The molecule has 10 heteroatoms. The second-order valence-corrected chi connectivity index (χ2v) is 7.65. The number of hydrogen-bond acceptors (Lipinski definition) is 7. The van der Waals surface area contributed by atoms with E-state index in [1.807, 2.05) is 35.2 Å². The van der Waals surface area contributed by atoms with Crippen LogP contribution >= 0.6 is 0 Å². The summed E-state index contributed by atoms with van der Waals surface area (Å²) >= 11 is 0. The lowest BCUT2D eigenvalue weighted by atomic mass is 10.2. The highest BCUT2D eigenvalue weighted by molar-refractivity contribution is 5.92. The molecule has 1 fully saturated rings. The first-order valence-electron chi connectivity index (χ1n) is 10.6. The Bertz CT molecular complexity index is 1090. The molecule has 33 heavy (non-hydrogen) atoms. The maximum atomic E-state index is 12.7. The predicted molar refractivity (Wildman–Crippen MR) is 119 cm³/mol. The van der Waals surface area contributed by atoms with E-state index in [1.165, 1.54) is 4.90 Å². The summed E-state index contributed by atoms with van der Waals surface area (Å²) in [5, 5.41) is 12.3. The molecular formula is C23H25N5O5. The van der Waals surface area contributed by atoms with Crippen LogP contribution in [0.2, 0.25) is 0 Å². The minimum atomic E-state index is -0.995. The predicted octanol–water partition coefficient (Wildman–Crippen LogP) is 2.56.